The molecule has 1 aromatic rings. The largest absolute Gasteiger partial charge is 0.494 e. The number of carbonyl (C=O) groups is 2. The van der Waals surface area contributed by atoms with Crippen LogP contribution < -0.4 is 10.1 Å². The molecule has 21 heavy (non-hydrogen) atoms. The van der Waals surface area contributed by atoms with Gasteiger partial charge in [-0.15, -0.1) is 0 Å². The van der Waals surface area contributed by atoms with Crippen LogP contribution in [0.1, 0.15) is 6.42 Å². The normalized spacial score (nSPS) is 21.2. The molecule has 0 aromatic heterocycles. The van der Waals surface area contributed by atoms with Crippen LogP contribution in [0.3, 0.4) is 0 Å². The van der Waals surface area contributed by atoms with Crippen molar-refractivity contribution in [2.75, 3.05) is 19.0 Å². The van der Waals surface area contributed by atoms with Crippen LogP contribution >= 0.6 is 0 Å². The minimum absolute atomic E-state index is 0.0577. The zero-order valence-electron chi connectivity index (χ0n) is 11.2. The molecule has 2 rings (SSSR count). The molecule has 0 aliphatic carbocycles. The van der Waals surface area contributed by atoms with E-state index in [1.165, 1.54) is 25.3 Å². The van der Waals surface area contributed by atoms with Crippen LogP contribution in [0.5, 0.6) is 5.75 Å². The molecule has 1 saturated heterocycles. The summed E-state index contributed by atoms with van der Waals surface area (Å²) in [5, 5.41) is 11.2. The Hall–Kier alpha value is -2.38. The highest BCUT2D eigenvalue weighted by molar-refractivity contribution is 5.97. The molecule has 0 spiro atoms. The molecule has 0 radical (unpaired) electrons. The van der Waals surface area contributed by atoms with E-state index in [-0.39, 0.29) is 24.4 Å². The highest BCUT2D eigenvalue weighted by atomic mass is 19.1. The first-order chi connectivity index (χ1) is 9.93. The van der Waals surface area contributed by atoms with E-state index in [1.807, 2.05) is 0 Å². The smallest absolute Gasteiger partial charge is 0.408 e. The molecule has 0 unspecified atom stereocenters. The molecule has 1 fully saturated rings. The maximum Gasteiger partial charge on any atom is 0.408 e. The van der Waals surface area contributed by atoms with Crippen molar-refractivity contribution in [2.24, 2.45) is 0 Å². The summed E-state index contributed by atoms with van der Waals surface area (Å²) in [5.74, 6) is -1.60. The lowest BCUT2D eigenvalue weighted by molar-refractivity contribution is -0.120. The first kappa shape index (κ1) is 15.0. The number of likely N-dealkylation sites (tertiary alicyclic amines) is 1. The number of hydrogen-bond acceptors (Lipinski definition) is 3. The maximum absolute atomic E-state index is 13.9. The summed E-state index contributed by atoms with van der Waals surface area (Å²) >= 11 is 0. The van der Waals surface area contributed by atoms with Crippen molar-refractivity contribution in [1.82, 2.24) is 4.90 Å². The van der Waals surface area contributed by atoms with E-state index in [4.69, 9.17) is 9.84 Å². The fourth-order valence-electron chi connectivity index (χ4n) is 2.23. The van der Waals surface area contributed by atoms with Crippen molar-refractivity contribution >= 4 is 17.7 Å². The molecular weight excluding hydrogens is 286 g/mol. The molecule has 114 valence electrons. The summed E-state index contributed by atoms with van der Waals surface area (Å²) in [6.07, 6.45) is -3.04. The molecule has 1 aliphatic heterocycles. The second kappa shape index (κ2) is 5.94. The van der Waals surface area contributed by atoms with Gasteiger partial charge in [-0.05, 0) is 12.1 Å². The van der Waals surface area contributed by atoms with Crippen LogP contribution in [0.25, 0.3) is 0 Å². The SMILES string of the molecule is COc1cccc(NC(=O)[C@@H]2C[C@@H](F)CN2C(=O)O)c1F. The number of benzene rings is 1. The summed E-state index contributed by atoms with van der Waals surface area (Å²) in [7, 11) is 1.28. The van der Waals surface area contributed by atoms with Crippen LogP contribution in [0.15, 0.2) is 18.2 Å². The van der Waals surface area contributed by atoms with Gasteiger partial charge in [-0.1, -0.05) is 6.07 Å². The Bertz CT molecular complexity index is 567. The molecule has 1 heterocycles. The van der Waals surface area contributed by atoms with Gasteiger partial charge in [-0.3, -0.25) is 9.69 Å². The fourth-order valence-corrected chi connectivity index (χ4v) is 2.23. The predicted molar refractivity (Wildman–Crippen MR) is 69.6 cm³/mol. The predicted octanol–water partition coefficient (Wildman–Crippen LogP) is 1.86. The summed E-state index contributed by atoms with van der Waals surface area (Å²) in [6, 6.07) is 2.98. The van der Waals surface area contributed by atoms with E-state index in [1.54, 1.807) is 0 Å². The Morgan fingerprint density at radius 2 is 2.19 bits per heavy atom. The molecule has 2 N–H and O–H groups in total. The number of alkyl halides is 1. The summed E-state index contributed by atoms with van der Waals surface area (Å²) in [4.78, 5) is 23.7. The molecule has 1 aromatic carbocycles. The number of amides is 2. The standard InChI is InChI=1S/C13H14F2N2O4/c1-21-10-4-2-3-8(11(10)15)16-12(18)9-5-7(14)6-17(9)13(19)20/h2-4,7,9H,5-6H2,1H3,(H,16,18)(H,19,20)/t7-,9+/m1/s1. The van der Waals surface area contributed by atoms with Crippen molar-refractivity contribution in [1.29, 1.82) is 0 Å². The van der Waals surface area contributed by atoms with Crippen LogP contribution in [-0.2, 0) is 4.79 Å². The lowest BCUT2D eigenvalue weighted by atomic mass is 10.2. The zero-order chi connectivity index (χ0) is 15.6. The number of rotatable bonds is 3. The quantitative estimate of drug-likeness (QED) is 0.893. The lowest BCUT2D eigenvalue weighted by Crippen LogP contribution is -2.42. The summed E-state index contributed by atoms with van der Waals surface area (Å²) in [6.45, 7) is -0.367. The molecule has 2 atom stereocenters. The number of methoxy groups -OCH3 is 1. The number of nitrogens with one attached hydrogen (secondary N) is 1. The van der Waals surface area contributed by atoms with Crippen LogP contribution in [0.2, 0.25) is 0 Å². The third kappa shape index (κ3) is 3.04. The monoisotopic (exact) mass is 300 g/mol. The fraction of sp³-hybridized carbons (Fsp3) is 0.385. The van der Waals surface area contributed by atoms with Gasteiger partial charge in [0.05, 0.1) is 19.3 Å². The number of carboxylic acid groups (broad SMARTS) is 1. The maximum atomic E-state index is 13.9. The van der Waals surface area contributed by atoms with E-state index in [0.717, 1.165) is 0 Å². The number of ether oxygens (including phenoxy) is 1. The Morgan fingerprint density at radius 1 is 1.48 bits per heavy atom. The van der Waals surface area contributed by atoms with Gasteiger partial charge >= 0.3 is 6.09 Å². The van der Waals surface area contributed by atoms with E-state index >= 15 is 0 Å². The number of anilines is 1. The Labute approximate surface area is 119 Å². The van der Waals surface area contributed by atoms with Gasteiger partial charge in [0.15, 0.2) is 11.6 Å². The van der Waals surface area contributed by atoms with Gasteiger partial charge in [-0.2, -0.15) is 0 Å². The number of nitrogens with zero attached hydrogens (tertiary/aromatic N) is 1. The molecule has 8 heteroatoms. The topological polar surface area (TPSA) is 78.9 Å². The van der Waals surface area contributed by atoms with E-state index in [9.17, 15) is 18.4 Å². The van der Waals surface area contributed by atoms with Crippen molar-refractivity contribution in [3.8, 4) is 5.75 Å². The van der Waals surface area contributed by atoms with E-state index in [2.05, 4.69) is 5.32 Å². The van der Waals surface area contributed by atoms with Crippen LogP contribution in [0, 0.1) is 5.82 Å². The second-order valence-electron chi connectivity index (χ2n) is 4.59. The summed E-state index contributed by atoms with van der Waals surface area (Å²) in [5.41, 5.74) is -0.146. The first-order valence-electron chi connectivity index (χ1n) is 6.21. The van der Waals surface area contributed by atoms with Crippen molar-refractivity contribution < 1.29 is 28.2 Å². The third-order valence-corrected chi connectivity index (χ3v) is 3.24. The van der Waals surface area contributed by atoms with Crippen molar-refractivity contribution in [3.05, 3.63) is 24.0 Å². The third-order valence-electron chi connectivity index (χ3n) is 3.24. The molecule has 1 aliphatic rings. The van der Waals surface area contributed by atoms with E-state index < -0.39 is 30.0 Å². The van der Waals surface area contributed by atoms with Crippen LogP contribution in [0.4, 0.5) is 19.3 Å². The van der Waals surface area contributed by atoms with Gasteiger partial charge in [-0.25, -0.2) is 13.6 Å². The molecule has 2 amide bonds. The Morgan fingerprint density at radius 3 is 2.81 bits per heavy atom. The molecule has 0 bridgehead atoms. The van der Waals surface area contributed by atoms with Gasteiger partial charge < -0.3 is 15.2 Å². The number of hydrogen-bond donors (Lipinski definition) is 2. The lowest BCUT2D eigenvalue weighted by Gasteiger charge is -2.20. The van der Waals surface area contributed by atoms with Crippen molar-refractivity contribution in [2.45, 2.75) is 18.6 Å². The Balaban J connectivity index is 2.16. The summed E-state index contributed by atoms with van der Waals surface area (Å²) < 4.78 is 32.0. The number of carbonyl (C=O) groups excluding carboxylic acids is 1. The van der Waals surface area contributed by atoms with Gasteiger partial charge in [0.25, 0.3) is 0 Å². The zero-order valence-corrected chi connectivity index (χ0v) is 11.2. The van der Waals surface area contributed by atoms with Crippen molar-refractivity contribution in [3.63, 3.8) is 0 Å². The highest BCUT2D eigenvalue weighted by Gasteiger charge is 2.40. The average Bonchev–Trinajstić information content (AvgIpc) is 2.83. The van der Waals surface area contributed by atoms with E-state index in [0.29, 0.717) is 4.90 Å². The molecular formula is C13H14F2N2O4. The molecule has 0 saturated carbocycles. The van der Waals surface area contributed by atoms with Crippen LogP contribution in [-0.4, -0.2) is 47.9 Å². The minimum atomic E-state index is -1.41. The molecule has 6 nitrogen and oxygen atoms in total. The second-order valence-corrected chi connectivity index (χ2v) is 4.59. The van der Waals surface area contributed by atoms with Gasteiger partial charge in [0, 0.05) is 6.42 Å². The van der Waals surface area contributed by atoms with Gasteiger partial charge in [0.1, 0.15) is 12.2 Å². The Kier molecular flexibility index (Phi) is 4.25. The highest BCUT2D eigenvalue weighted by Crippen LogP contribution is 2.26. The first-order valence-corrected chi connectivity index (χ1v) is 6.21. The minimum Gasteiger partial charge on any atom is -0.494 e. The van der Waals surface area contributed by atoms with Gasteiger partial charge in [0.2, 0.25) is 5.91 Å². The average molecular weight is 300 g/mol. The number of halogens is 2.